The predicted octanol–water partition coefficient (Wildman–Crippen LogP) is 3.85. The molecule has 98 valence electrons. The van der Waals surface area contributed by atoms with E-state index in [1.807, 2.05) is 67.7 Å². The maximum absolute atomic E-state index is 4.76. The molecule has 20 heavy (non-hydrogen) atoms. The number of aromatic nitrogens is 2. The fourth-order valence-electron chi connectivity index (χ4n) is 2.12. The van der Waals surface area contributed by atoms with Crippen molar-refractivity contribution in [2.45, 2.75) is 0 Å². The molecule has 3 nitrogen and oxygen atoms in total. The first kappa shape index (κ1) is 12.4. The van der Waals surface area contributed by atoms with Crippen LogP contribution in [0.15, 0.2) is 66.9 Å². The van der Waals surface area contributed by atoms with Gasteiger partial charge in [0.25, 0.3) is 0 Å². The molecule has 3 heteroatoms. The van der Waals surface area contributed by atoms with Crippen molar-refractivity contribution < 1.29 is 0 Å². The average molecular weight is 261 g/mol. The van der Waals surface area contributed by atoms with Gasteiger partial charge < -0.3 is 5.32 Å². The molecule has 0 fully saturated rings. The number of nitrogens with one attached hydrogen (secondary N) is 1. The Kier molecular flexibility index (Phi) is 3.42. The molecule has 0 aliphatic rings. The zero-order valence-corrected chi connectivity index (χ0v) is 11.2. The van der Waals surface area contributed by atoms with Crippen LogP contribution in [0.4, 0.5) is 5.82 Å². The maximum Gasteiger partial charge on any atom is 0.152 e. The molecule has 3 rings (SSSR count). The van der Waals surface area contributed by atoms with Crippen molar-refractivity contribution in [2.24, 2.45) is 0 Å². The molecule has 3 aromatic rings. The number of anilines is 1. The summed E-state index contributed by atoms with van der Waals surface area (Å²) in [4.78, 5) is 9.24. The predicted molar refractivity (Wildman–Crippen MR) is 82.5 cm³/mol. The SMILES string of the molecule is CNc1ncc(-c2ccccc2)nc1-c1ccccc1. The first-order chi connectivity index (χ1) is 9.88. The highest BCUT2D eigenvalue weighted by Gasteiger charge is 2.09. The summed E-state index contributed by atoms with van der Waals surface area (Å²) in [6.45, 7) is 0. The van der Waals surface area contributed by atoms with E-state index in [-0.39, 0.29) is 0 Å². The Bertz CT molecular complexity index is 694. The average Bonchev–Trinajstić information content (AvgIpc) is 2.56. The van der Waals surface area contributed by atoms with E-state index in [2.05, 4.69) is 10.3 Å². The Morgan fingerprint density at radius 3 is 2.00 bits per heavy atom. The fourth-order valence-corrected chi connectivity index (χ4v) is 2.12. The summed E-state index contributed by atoms with van der Waals surface area (Å²) in [7, 11) is 1.86. The zero-order chi connectivity index (χ0) is 13.8. The highest BCUT2D eigenvalue weighted by atomic mass is 15.0. The summed E-state index contributed by atoms with van der Waals surface area (Å²) in [6.07, 6.45) is 1.80. The van der Waals surface area contributed by atoms with Gasteiger partial charge in [0.05, 0.1) is 11.9 Å². The van der Waals surface area contributed by atoms with Crippen LogP contribution >= 0.6 is 0 Å². The van der Waals surface area contributed by atoms with Crippen LogP contribution in [-0.4, -0.2) is 17.0 Å². The fraction of sp³-hybridized carbons (Fsp3) is 0.0588. The van der Waals surface area contributed by atoms with E-state index in [0.717, 1.165) is 28.3 Å². The van der Waals surface area contributed by atoms with Crippen LogP contribution in [0, 0.1) is 0 Å². The molecule has 0 saturated carbocycles. The molecular formula is C17H15N3. The van der Waals surface area contributed by atoms with Crippen LogP contribution in [0.5, 0.6) is 0 Å². The summed E-state index contributed by atoms with van der Waals surface area (Å²) >= 11 is 0. The minimum absolute atomic E-state index is 0.788. The molecule has 0 spiro atoms. The Hall–Kier alpha value is -2.68. The van der Waals surface area contributed by atoms with Crippen molar-refractivity contribution in [2.75, 3.05) is 12.4 Å². The number of hydrogen-bond donors (Lipinski definition) is 1. The number of hydrogen-bond acceptors (Lipinski definition) is 3. The van der Waals surface area contributed by atoms with Crippen molar-refractivity contribution in [3.63, 3.8) is 0 Å². The van der Waals surface area contributed by atoms with Gasteiger partial charge in [-0.05, 0) is 0 Å². The van der Waals surface area contributed by atoms with E-state index in [1.54, 1.807) is 6.20 Å². The van der Waals surface area contributed by atoms with Crippen molar-refractivity contribution in [3.8, 4) is 22.5 Å². The molecule has 0 saturated heterocycles. The first-order valence-electron chi connectivity index (χ1n) is 6.54. The lowest BCUT2D eigenvalue weighted by Gasteiger charge is -2.09. The third-order valence-corrected chi connectivity index (χ3v) is 3.13. The van der Waals surface area contributed by atoms with E-state index in [4.69, 9.17) is 4.98 Å². The van der Waals surface area contributed by atoms with Gasteiger partial charge in [-0.15, -0.1) is 0 Å². The van der Waals surface area contributed by atoms with Crippen LogP contribution in [0.3, 0.4) is 0 Å². The van der Waals surface area contributed by atoms with E-state index in [0.29, 0.717) is 0 Å². The van der Waals surface area contributed by atoms with Gasteiger partial charge in [0.1, 0.15) is 5.69 Å². The summed E-state index contributed by atoms with van der Waals surface area (Å²) in [5, 5.41) is 3.10. The van der Waals surface area contributed by atoms with Gasteiger partial charge in [-0.3, -0.25) is 0 Å². The molecule has 0 aliphatic heterocycles. The molecule has 0 unspecified atom stereocenters. The van der Waals surface area contributed by atoms with Crippen molar-refractivity contribution in [1.29, 1.82) is 0 Å². The quantitative estimate of drug-likeness (QED) is 0.778. The summed E-state index contributed by atoms with van der Waals surface area (Å²) < 4.78 is 0. The first-order valence-corrected chi connectivity index (χ1v) is 6.54. The Morgan fingerprint density at radius 1 is 0.800 bits per heavy atom. The zero-order valence-electron chi connectivity index (χ0n) is 11.2. The lowest BCUT2D eigenvalue weighted by Crippen LogP contribution is -1.99. The third kappa shape index (κ3) is 2.38. The molecule has 1 N–H and O–H groups in total. The molecule has 1 aromatic heterocycles. The molecule has 0 aliphatic carbocycles. The van der Waals surface area contributed by atoms with Gasteiger partial charge in [-0.2, -0.15) is 0 Å². The minimum Gasteiger partial charge on any atom is -0.371 e. The second-order valence-corrected chi connectivity index (χ2v) is 4.43. The smallest absolute Gasteiger partial charge is 0.152 e. The van der Waals surface area contributed by atoms with Crippen LogP contribution in [0.25, 0.3) is 22.5 Å². The van der Waals surface area contributed by atoms with E-state index in [9.17, 15) is 0 Å². The minimum atomic E-state index is 0.788. The highest BCUT2D eigenvalue weighted by molar-refractivity contribution is 5.74. The highest BCUT2D eigenvalue weighted by Crippen LogP contribution is 2.26. The van der Waals surface area contributed by atoms with Crippen molar-refractivity contribution in [3.05, 3.63) is 66.9 Å². The topological polar surface area (TPSA) is 37.8 Å². The second kappa shape index (κ2) is 5.53. The largest absolute Gasteiger partial charge is 0.371 e. The van der Waals surface area contributed by atoms with Crippen LogP contribution in [0.2, 0.25) is 0 Å². The van der Waals surface area contributed by atoms with Crippen LogP contribution in [-0.2, 0) is 0 Å². The van der Waals surface area contributed by atoms with Gasteiger partial charge in [0, 0.05) is 18.2 Å². The lowest BCUT2D eigenvalue weighted by atomic mass is 10.1. The number of benzene rings is 2. The van der Waals surface area contributed by atoms with Crippen LogP contribution < -0.4 is 5.32 Å². The molecule has 0 radical (unpaired) electrons. The summed E-state index contributed by atoms with van der Waals surface area (Å²) in [5.74, 6) is 0.788. The third-order valence-electron chi connectivity index (χ3n) is 3.13. The monoisotopic (exact) mass is 261 g/mol. The number of nitrogens with zero attached hydrogens (tertiary/aromatic N) is 2. The molecular weight excluding hydrogens is 246 g/mol. The Morgan fingerprint density at radius 2 is 1.40 bits per heavy atom. The molecule has 0 amide bonds. The Labute approximate surface area is 118 Å². The molecule has 0 atom stereocenters. The Balaban J connectivity index is 2.13. The second-order valence-electron chi connectivity index (χ2n) is 4.43. The number of rotatable bonds is 3. The standard InChI is InChI=1S/C17H15N3/c1-18-17-16(14-10-6-3-7-11-14)20-15(12-19-17)13-8-4-2-5-9-13/h2-12H,1H3,(H,18,19). The van der Waals surface area contributed by atoms with Crippen molar-refractivity contribution >= 4 is 5.82 Å². The lowest BCUT2D eigenvalue weighted by molar-refractivity contribution is 1.19. The normalized spacial score (nSPS) is 10.2. The maximum atomic E-state index is 4.76. The molecule has 1 heterocycles. The van der Waals surface area contributed by atoms with Gasteiger partial charge in [-0.1, -0.05) is 60.7 Å². The molecule has 2 aromatic carbocycles. The molecule has 0 bridgehead atoms. The van der Waals surface area contributed by atoms with Crippen molar-refractivity contribution in [1.82, 2.24) is 9.97 Å². The van der Waals surface area contributed by atoms with Gasteiger partial charge in [0.15, 0.2) is 5.82 Å². The summed E-state index contributed by atoms with van der Waals surface area (Å²) in [6, 6.07) is 20.2. The summed E-state index contributed by atoms with van der Waals surface area (Å²) in [5.41, 5.74) is 3.87. The van der Waals surface area contributed by atoms with Crippen LogP contribution in [0.1, 0.15) is 0 Å². The van der Waals surface area contributed by atoms with E-state index >= 15 is 0 Å². The van der Waals surface area contributed by atoms with Gasteiger partial charge in [-0.25, -0.2) is 9.97 Å². The van der Waals surface area contributed by atoms with Gasteiger partial charge >= 0.3 is 0 Å². The van der Waals surface area contributed by atoms with E-state index in [1.165, 1.54) is 0 Å². The van der Waals surface area contributed by atoms with E-state index < -0.39 is 0 Å². The van der Waals surface area contributed by atoms with Gasteiger partial charge in [0.2, 0.25) is 0 Å².